The van der Waals surface area contributed by atoms with Crippen LogP contribution in [0, 0.1) is 0 Å². The molecular formula is C31H36ClN5O3. The van der Waals surface area contributed by atoms with Crippen molar-refractivity contribution in [2.24, 2.45) is 0 Å². The van der Waals surface area contributed by atoms with Gasteiger partial charge in [0.25, 0.3) is 11.8 Å². The van der Waals surface area contributed by atoms with E-state index in [4.69, 9.17) is 11.6 Å². The maximum atomic E-state index is 13.2. The van der Waals surface area contributed by atoms with Gasteiger partial charge >= 0.3 is 6.03 Å². The van der Waals surface area contributed by atoms with Crippen LogP contribution in [-0.2, 0) is 0 Å². The molecule has 0 aromatic heterocycles. The third kappa shape index (κ3) is 7.54. The number of carbonyl (C=O) groups is 3. The summed E-state index contributed by atoms with van der Waals surface area (Å²) in [4.78, 5) is 42.7. The Bertz CT molecular complexity index is 1330. The largest absolute Gasteiger partial charge is 0.368 e. The first kappa shape index (κ1) is 29.0. The Morgan fingerprint density at radius 2 is 1.62 bits per heavy atom. The van der Waals surface area contributed by atoms with Gasteiger partial charge in [0.05, 0.1) is 11.4 Å². The van der Waals surface area contributed by atoms with Crippen molar-refractivity contribution < 1.29 is 14.4 Å². The smallest absolute Gasteiger partial charge is 0.317 e. The molecule has 1 aliphatic rings. The number of hydrogen-bond acceptors (Lipinski definition) is 4. The first-order valence-electron chi connectivity index (χ1n) is 13.7. The fourth-order valence-corrected chi connectivity index (χ4v) is 4.94. The summed E-state index contributed by atoms with van der Waals surface area (Å²) >= 11 is 6.12. The molecule has 3 aromatic carbocycles. The van der Waals surface area contributed by atoms with Gasteiger partial charge in [-0.15, -0.1) is 0 Å². The molecule has 1 atom stereocenters. The van der Waals surface area contributed by atoms with E-state index in [1.165, 1.54) is 0 Å². The van der Waals surface area contributed by atoms with E-state index in [9.17, 15) is 14.4 Å². The lowest BCUT2D eigenvalue weighted by atomic mass is 10.0. The van der Waals surface area contributed by atoms with Crippen molar-refractivity contribution in [1.82, 2.24) is 15.5 Å². The predicted octanol–water partition coefficient (Wildman–Crippen LogP) is 5.37. The zero-order valence-corrected chi connectivity index (χ0v) is 23.7. The molecule has 3 aromatic rings. The molecule has 1 unspecified atom stereocenters. The average Bonchev–Trinajstić information content (AvgIpc) is 3.23. The van der Waals surface area contributed by atoms with E-state index >= 15 is 0 Å². The van der Waals surface area contributed by atoms with Crippen LogP contribution in [0.3, 0.4) is 0 Å². The van der Waals surface area contributed by atoms with E-state index in [2.05, 4.69) is 27.8 Å². The molecular weight excluding hydrogens is 526 g/mol. The molecule has 4 amide bonds. The predicted molar refractivity (Wildman–Crippen MR) is 161 cm³/mol. The van der Waals surface area contributed by atoms with Crippen molar-refractivity contribution in [1.29, 1.82) is 0 Å². The summed E-state index contributed by atoms with van der Waals surface area (Å²) < 4.78 is 0. The minimum atomic E-state index is -0.321. The van der Waals surface area contributed by atoms with Crippen molar-refractivity contribution >= 4 is 40.8 Å². The summed E-state index contributed by atoms with van der Waals surface area (Å²) in [5, 5.41) is 9.35. The summed E-state index contributed by atoms with van der Waals surface area (Å²) in [7, 11) is 0. The molecule has 1 aliphatic heterocycles. The number of halogens is 1. The van der Waals surface area contributed by atoms with Crippen LogP contribution < -0.4 is 20.9 Å². The highest BCUT2D eigenvalue weighted by atomic mass is 35.5. The van der Waals surface area contributed by atoms with E-state index in [1.54, 1.807) is 36.4 Å². The van der Waals surface area contributed by atoms with Gasteiger partial charge in [-0.05, 0) is 61.2 Å². The number of carbonyl (C=O) groups excluding carboxylic acids is 3. The first-order valence-corrected chi connectivity index (χ1v) is 14.1. The molecule has 8 nitrogen and oxygen atoms in total. The SMILES string of the molecule is CCNC(=O)N1CCCN(c2ccc(C(=O)NCC(C)c3ccccc3)cc2NC(=O)c2cccc(Cl)c2)CC1. The normalized spacial score (nSPS) is 14.2. The van der Waals surface area contributed by atoms with E-state index < -0.39 is 0 Å². The fourth-order valence-electron chi connectivity index (χ4n) is 4.75. The Kier molecular flexibility index (Phi) is 10.0. The van der Waals surface area contributed by atoms with Crippen LogP contribution in [0.15, 0.2) is 72.8 Å². The van der Waals surface area contributed by atoms with Gasteiger partial charge in [-0.2, -0.15) is 0 Å². The lowest BCUT2D eigenvalue weighted by molar-refractivity contribution is 0.0950. The van der Waals surface area contributed by atoms with Gasteiger partial charge in [-0.25, -0.2) is 4.79 Å². The topological polar surface area (TPSA) is 93.8 Å². The Morgan fingerprint density at radius 3 is 2.38 bits per heavy atom. The van der Waals surface area contributed by atoms with Crippen LogP contribution in [0.25, 0.3) is 0 Å². The van der Waals surface area contributed by atoms with Crippen LogP contribution in [0.4, 0.5) is 16.2 Å². The van der Waals surface area contributed by atoms with Gasteiger partial charge in [0.15, 0.2) is 0 Å². The molecule has 0 saturated carbocycles. The monoisotopic (exact) mass is 561 g/mol. The quantitative estimate of drug-likeness (QED) is 0.345. The van der Waals surface area contributed by atoms with Gasteiger partial charge in [0.2, 0.25) is 0 Å². The van der Waals surface area contributed by atoms with Crippen molar-refractivity contribution in [2.45, 2.75) is 26.2 Å². The molecule has 0 spiro atoms. The van der Waals surface area contributed by atoms with Crippen molar-refractivity contribution in [2.75, 3.05) is 49.5 Å². The molecule has 9 heteroatoms. The number of amides is 4. The maximum absolute atomic E-state index is 13.2. The number of urea groups is 1. The molecule has 40 heavy (non-hydrogen) atoms. The number of rotatable bonds is 8. The molecule has 1 heterocycles. The maximum Gasteiger partial charge on any atom is 0.317 e. The van der Waals surface area contributed by atoms with Crippen LogP contribution in [-0.4, -0.2) is 62.0 Å². The first-order chi connectivity index (χ1) is 19.4. The Morgan fingerprint density at radius 1 is 0.850 bits per heavy atom. The molecule has 0 bridgehead atoms. The average molecular weight is 562 g/mol. The fraction of sp³-hybridized carbons (Fsp3) is 0.323. The van der Waals surface area contributed by atoms with Crippen LogP contribution in [0.5, 0.6) is 0 Å². The molecule has 4 rings (SSSR count). The molecule has 0 aliphatic carbocycles. The number of benzene rings is 3. The summed E-state index contributed by atoms with van der Waals surface area (Å²) in [5.41, 5.74) is 3.34. The minimum absolute atomic E-state index is 0.0735. The second-order valence-corrected chi connectivity index (χ2v) is 10.3. The molecule has 0 radical (unpaired) electrons. The summed E-state index contributed by atoms with van der Waals surface area (Å²) in [6, 6.07) is 22.0. The highest BCUT2D eigenvalue weighted by molar-refractivity contribution is 6.31. The third-order valence-corrected chi connectivity index (χ3v) is 7.22. The molecule has 3 N–H and O–H groups in total. The lowest BCUT2D eigenvalue weighted by Gasteiger charge is -2.26. The van der Waals surface area contributed by atoms with Crippen LogP contribution in [0.2, 0.25) is 5.02 Å². The number of nitrogens with zero attached hydrogens (tertiary/aromatic N) is 2. The molecule has 1 saturated heterocycles. The van der Waals surface area contributed by atoms with E-state index in [0.717, 1.165) is 17.7 Å². The number of anilines is 2. The van der Waals surface area contributed by atoms with Crippen molar-refractivity contribution in [3.05, 3.63) is 94.5 Å². The minimum Gasteiger partial charge on any atom is -0.368 e. The van der Waals surface area contributed by atoms with Crippen LogP contribution >= 0.6 is 11.6 Å². The third-order valence-electron chi connectivity index (χ3n) is 6.98. The highest BCUT2D eigenvalue weighted by Gasteiger charge is 2.22. The lowest BCUT2D eigenvalue weighted by Crippen LogP contribution is -2.42. The van der Waals surface area contributed by atoms with E-state index in [0.29, 0.717) is 61.1 Å². The van der Waals surface area contributed by atoms with Gasteiger partial charge in [0.1, 0.15) is 0 Å². The number of hydrogen-bond donors (Lipinski definition) is 3. The van der Waals surface area contributed by atoms with Gasteiger partial charge in [-0.3, -0.25) is 9.59 Å². The second-order valence-electron chi connectivity index (χ2n) is 9.88. The van der Waals surface area contributed by atoms with Gasteiger partial charge in [0, 0.05) is 55.4 Å². The Labute approximate surface area is 240 Å². The zero-order chi connectivity index (χ0) is 28.5. The highest BCUT2D eigenvalue weighted by Crippen LogP contribution is 2.29. The Hall–Kier alpha value is -4.04. The zero-order valence-electron chi connectivity index (χ0n) is 23.0. The summed E-state index contributed by atoms with van der Waals surface area (Å²) in [6.45, 7) is 7.52. The van der Waals surface area contributed by atoms with E-state index in [1.807, 2.05) is 48.2 Å². The summed E-state index contributed by atoms with van der Waals surface area (Å²) in [5.74, 6) is -0.389. The van der Waals surface area contributed by atoms with Crippen molar-refractivity contribution in [3.63, 3.8) is 0 Å². The molecule has 210 valence electrons. The van der Waals surface area contributed by atoms with E-state index in [-0.39, 0.29) is 23.8 Å². The standard InChI is InChI=1S/C31H36ClN5O3/c1-3-33-31(40)37-16-8-15-36(17-18-37)28-14-13-25(29(38)34-21-22(2)23-9-5-4-6-10-23)20-27(28)35-30(39)24-11-7-12-26(32)19-24/h4-7,9-14,19-20,22H,3,8,15-18,21H2,1-2H3,(H,33,40)(H,34,38)(H,35,39). The number of nitrogens with one attached hydrogen (secondary N) is 3. The van der Waals surface area contributed by atoms with Gasteiger partial charge in [-0.1, -0.05) is 54.9 Å². The second kappa shape index (κ2) is 13.8. The Balaban J connectivity index is 1.55. The van der Waals surface area contributed by atoms with Crippen LogP contribution in [0.1, 0.15) is 52.5 Å². The molecule has 1 fully saturated rings. The van der Waals surface area contributed by atoms with Crippen molar-refractivity contribution in [3.8, 4) is 0 Å². The van der Waals surface area contributed by atoms with Gasteiger partial charge < -0.3 is 25.8 Å². The summed E-state index contributed by atoms with van der Waals surface area (Å²) in [6.07, 6.45) is 0.776.